The summed E-state index contributed by atoms with van der Waals surface area (Å²) in [5.41, 5.74) is 1.32. The number of hydrogen-bond acceptors (Lipinski definition) is 3. The molecule has 1 aromatic carbocycles. The van der Waals surface area contributed by atoms with E-state index in [1.165, 1.54) is 9.87 Å². The average Bonchev–Trinajstić information content (AvgIpc) is 2.37. The summed E-state index contributed by atoms with van der Waals surface area (Å²) in [6.45, 7) is 1.76. The predicted molar refractivity (Wildman–Crippen MR) is 79.7 cm³/mol. The molecule has 0 aliphatic rings. The van der Waals surface area contributed by atoms with E-state index < -0.39 is 10.0 Å². The van der Waals surface area contributed by atoms with E-state index in [1.54, 1.807) is 14.1 Å². The van der Waals surface area contributed by atoms with E-state index in [4.69, 9.17) is 0 Å². The van der Waals surface area contributed by atoms with Gasteiger partial charge < -0.3 is 4.90 Å². The zero-order valence-corrected chi connectivity index (χ0v) is 12.9. The van der Waals surface area contributed by atoms with Gasteiger partial charge in [-0.1, -0.05) is 30.3 Å². The lowest BCUT2D eigenvalue weighted by atomic mass is 10.1. The molecule has 0 amide bonds. The molecule has 5 heteroatoms. The highest BCUT2D eigenvalue weighted by atomic mass is 32.2. The second-order valence-corrected chi connectivity index (χ2v) is 7.29. The third kappa shape index (κ3) is 6.18. The number of nitrogens with zero attached hydrogens (tertiary/aromatic N) is 2. The van der Waals surface area contributed by atoms with Crippen molar-refractivity contribution in [2.45, 2.75) is 12.8 Å². The Labute approximate surface area is 117 Å². The third-order valence-corrected chi connectivity index (χ3v) is 5.04. The Morgan fingerprint density at radius 2 is 1.63 bits per heavy atom. The number of likely N-dealkylation sites (N-methyl/N-ethyl adjacent to an activating group) is 1. The van der Waals surface area contributed by atoms with Crippen molar-refractivity contribution in [1.82, 2.24) is 9.21 Å². The van der Waals surface area contributed by atoms with Crippen LogP contribution in [0.5, 0.6) is 0 Å². The maximum atomic E-state index is 11.6. The van der Waals surface area contributed by atoms with Crippen LogP contribution >= 0.6 is 0 Å². The average molecular weight is 284 g/mol. The number of hydrogen-bond donors (Lipinski definition) is 0. The third-order valence-electron chi connectivity index (χ3n) is 3.12. The van der Waals surface area contributed by atoms with Crippen molar-refractivity contribution in [1.29, 1.82) is 0 Å². The van der Waals surface area contributed by atoms with Crippen LogP contribution in [0, 0.1) is 0 Å². The van der Waals surface area contributed by atoms with Gasteiger partial charge in [0.05, 0.1) is 5.75 Å². The summed E-state index contributed by atoms with van der Waals surface area (Å²) in [6, 6.07) is 10.3. The van der Waals surface area contributed by atoms with Gasteiger partial charge in [-0.2, -0.15) is 0 Å². The van der Waals surface area contributed by atoms with E-state index in [1.807, 2.05) is 25.2 Å². The lowest BCUT2D eigenvalue weighted by Gasteiger charge is -2.17. The molecular formula is C14H24N2O2S. The molecular weight excluding hydrogens is 260 g/mol. The Hall–Kier alpha value is -0.910. The van der Waals surface area contributed by atoms with E-state index in [0.717, 1.165) is 19.5 Å². The smallest absolute Gasteiger partial charge is 0.213 e. The fourth-order valence-corrected chi connectivity index (χ4v) is 2.63. The molecule has 0 unspecified atom stereocenters. The number of benzene rings is 1. The molecule has 1 aromatic rings. The van der Waals surface area contributed by atoms with E-state index in [9.17, 15) is 8.42 Å². The van der Waals surface area contributed by atoms with Crippen molar-refractivity contribution in [2.75, 3.05) is 40.0 Å². The first-order valence-electron chi connectivity index (χ1n) is 6.54. The summed E-state index contributed by atoms with van der Waals surface area (Å²) >= 11 is 0. The van der Waals surface area contributed by atoms with Gasteiger partial charge in [-0.25, -0.2) is 12.7 Å². The van der Waals surface area contributed by atoms with Gasteiger partial charge in [0, 0.05) is 20.6 Å². The van der Waals surface area contributed by atoms with Crippen LogP contribution in [0.15, 0.2) is 30.3 Å². The van der Waals surface area contributed by atoms with Gasteiger partial charge in [0.2, 0.25) is 10.0 Å². The standard InChI is InChI=1S/C14H24N2O2S/c1-15(2)19(17,18)13-7-11-16(3)12-10-14-8-5-4-6-9-14/h4-6,8-9H,7,10-13H2,1-3H3. The van der Waals surface area contributed by atoms with Crippen LogP contribution in [0.2, 0.25) is 0 Å². The number of sulfonamides is 1. The van der Waals surface area contributed by atoms with Crippen molar-refractivity contribution in [2.24, 2.45) is 0 Å². The second-order valence-electron chi connectivity index (χ2n) is 4.99. The van der Waals surface area contributed by atoms with Gasteiger partial charge in [0.1, 0.15) is 0 Å². The maximum Gasteiger partial charge on any atom is 0.213 e. The van der Waals surface area contributed by atoms with Gasteiger partial charge in [0.15, 0.2) is 0 Å². The summed E-state index contributed by atoms with van der Waals surface area (Å²) in [6.07, 6.45) is 1.67. The highest BCUT2D eigenvalue weighted by Crippen LogP contribution is 2.02. The van der Waals surface area contributed by atoms with E-state index >= 15 is 0 Å². The molecule has 0 aliphatic heterocycles. The zero-order valence-electron chi connectivity index (χ0n) is 12.0. The molecule has 108 valence electrons. The molecule has 0 saturated carbocycles. The molecule has 0 N–H and O–H groups in total. The molecule has 0 aliphatic carbocycles. The van der Waals surface area contributed by atoms with Crippen molar-refractivity contribution in [3.05, 3.63) is 35.9 Å². The molecule has 0 spiro atoms. The largest absolute Gasteiger partial charge is 0.306 e. The normalized spacial score (nSPS) is 12.3. The molecule has 0 radical (unpaired) electrons. The van der Waals surface area contributed by atoms with Crippen LogP contribution in [0.3, 0.4) is 0 Å². The summed E-state index contributed by atoms with van der Waals surface area (Å²) in [4.78, 5) is 2.18. The molecule has 19 heavy (non-hydrogen) atoms. The Kier molecular flexibility index (Phi) is 6.48. The minimum Gasteiger partial charge on any atom is -0.306 e. The molecule has 0 bridgehead atoms. The minimum absolute atomic E-state index is 0.218. The highest BCUT2D eigenvalue weighted by molar-refractivity contribution is 7.89. The summed E-state index contributed by atoms with van der Waals surface area (Å²) < 4.78 is 24.5. The lowest BCUT2D eigenvalue weighted by molar-refractivity contribution is 0.338. The van der Waals surface area contributed by atoms with Crippen molar-refractivity contribution >= 4 is 10.0 Å². The highest BCUT2D eigenvalue weighted by Gasteiger charge is 2.13. The topological polar surface area (TPSA) is 40.6 Å². The van der Waals surface area contributed by atoms with Gasteiger partial charge >= 0.3 is 0 Å². The first-order valence-corrected chi connectivity index (χ1v) is 8.15. The first-order chi connectivity index (χ1) is 8.92. The van der Waals surface area contributed by atoms with Crippen molar-refractivity contribution < 1.29 is 8.42 Å². The van der Waals surface area contributed by atoms with Gasteiger partial charge in [-0.05, 0) is 32.0 Å². The predicted octanol–water partition coefficient (Wildman–Crippen LogP) is 1.44. The van der Waals surface area contributed by atoms with Crippen LogP contribution in [-0.4, -0.2) is 57.6 Å². The monoisotopic (exact) mass is 284 g/mol. The summed E-state index contributed by atoms with van der Waals surface area (Å²) in [5, 5.41) is 0. The first kappa shape index (κ1) is 16.1. The molecule has 0 aromatic heterocycles. The molecule has 4 nitrogen and oxygen atoms in total. The SMILES string of the molecule is CN(CCCS(=O)(=O)N(C)C)CCc1ccccc1. The Bertz CT molecular complexity index is 458. The summed E-state index contributed by atoms with van der Waals surface area (Å²) in [7, 11) is 2.13. The van der Waals surface area contributed by atoms with Gasteiger partial charge in [-0.15, -0.1) is 0 Å². The van der Waals surface area contributed by atoms with Crippen LogP contribution in [0.25, 0.3) is 0 Å². The molecule has 0 atom stereocenters. The Morgan fingerprint density at radius 1 is 1.00 bits per heavy atom. The quantitative estimate of drug-likeness (QED) is 0.725. The fraction of sp³-hybridized carbons (Fsp3) is 0.571. The minimum atomic E-state index is -3.05. The molecule has 0 saturated heterocycles. The zero-order chi connectivity index (χ0) is 14.3. The summed E-state index contributed by atoms with van der Waals surface area (Å²) in [5.74, 6) is 0.218. The maximum absolute atomic E-state index is 11.6. The lowest BCUT2D eigenvalue weighted by Crippen LogP contribution is -2.28. The van der Waals surface area contributed by atoms with E-state index in [0.29, 0.717) is 6.42 Å². The van der Waals surface area contributed by atoms with Crippen molar-refractivity contribution in [3.8, 4) is 0 Å². The molecule has 0 heterocycles. The van der Waals surface area contributed by atoms with Crippen molar-refractivity contribution in [3.63, 3.8) is 0 Å². The Balaban J connectivity index is 2.24. The Morgan fingerprint density at radius 3 is 2.21 bits per heavy atom. The second kappa shape index (κ2) is 7.62. The van der Waals surface area contributed by atoms with Crippen LogP contribution in [0.1, 0.15) is 12.0 Å². The molecule has 1 rings (SSSR count). The van der Waals surface area contributed by atoms with Crippen LogP contribution < -0.4 is 0 Å². The van der Waals surface area contributed by atoms with Crippen LogP contribution in [-0.2, 0) is 16.4 Å². The van der Waals surface area contributed by atoms with Gasteiger partial charge in [0.25, 0.3) is 0 Å². The fourth-order valence-electron chi connectivity index (χ4n) is 1.78. The number of rotatable bonds is 8. The van der Waals surface area contributed by atoms with Crippen LogP contribution in [0.4, 0.5) is 0 Å². The van der Waals surface area contributed by atoms with E-state index in [-0.39, 0.29) is 5.75 Å². The molecule has 0 fully saturated rings. The van der Waals surface area contributed by atoms with E-state index in [2.05, 4.69) is 17.0 Å². The van der Waals surface area contributed by atoms with Gasteiger partial charge in [-0.3, -0.25) is 0 Å².